The summed E-state index contributed by atoms with van der Waals surface area (Å²) >= 11 is 0. The summed E-state index contributed by atoms with van der Waals surface area (Å²) in [6.07, 6.45) is 3.01. The van der Waals surface area contributed by atoms with E-state index in [4.69, 9.17) is 14.9 Å². The van der Waals surface area contributed by atoms with E-state index in [9.17, 15) is 0 Å². The fourth-order valence-electron chi connectivity index (χ4n) is 1.77. The van der Waals surface area contributed by atoms with E-state index >= 15 is 0 Å². The van der Waals surface area contributed by atoms with Crippen LogP contribution in [-0.2, 0) is 11.2 Å². The van der Waals surface area contributed by atoms with Crippen molar-refractivity contribution in [1.82, 2.24) is 10.2 Å². The molecule has 0 aliphatic heterocycles. The van der Waals surface area contributed by atoms with Crippen LogP contribution in [0.1, 0.15) is 25.7 Å². The van der Waals surface area contributed by atoms with Gasteiger partial charge in [-0.1, -0.05) is 5.10 Å². The molecule has 90 valence electrons. The molecule has 0 amide bonds. The molecule has 1 fully saturated rings. The van der Waals surface area contributed by atoms with Gasteiger partial charge in [-0.3, -0.25) is 0 Å². The molecule has 1 aliphatic carbocycles. The lowest BCUT2D eigenvalue weighted by molar-refractivity contribution is 0.00256. The third-order valence-electron chi connectivity index (χ3n) is 2.65. The first-order valence-electron chi connectivity index (χ1n) is 5.72. The second kappa shape index (κ2) is 5.27. The van der Waals surface area contributed by atoms with Crippen molar-refractivity contribution < 1.29 is 9.15 Å². The number of hydrogen-bond acceptors (Lipinski definition) is 6. The minimum atomic E-state index is 0.383. The van der Waals surface area contributed by atoms with E-state index in [1.54, 1.807) is 0 Å². The summed E-state index contributed by atoms with van der Waals surface area (Å²) in [4.78, 5) is 0. The molecule has 0 atom stereocenters. The van der Waals surface area contributed by atoms with Gasteiger partial charge in [0.15, 0.2) is 0 Å². The first-order chi connectivity index (χ1) is 7.81. The van der Waals surface area contributed by atoms with Gasteiger partial charge in [0.05, 0.1) is 6.10 Å². The molecule has 0 radical (unpaired) electrons. The lowest BCUT2D eigenvalue weighted by Crippen LogP contribution is -2.40. The SMILES string of the molecule is CCOC1CC(Nc2nnc(CCN)o2)C1. The van der Waals surface area contributed by atoms with Gasteiger partial charge in [0.1, 0.15) is 0 Å². The van der Waals surface area contributed by atoms with Crippen LogP contribution in [0.15, 0.2) is 4.42 Å². The Morgan fingerprint density at radius 1 is 1.50 bits per heavy atom. The number of nitrogens with two attached hydrogens (primary N) is 1. The number of aromatic nitrogens is 2. The Labute approximate surface area is 94.6 Å². The molecule has 1 aromatic rings. The van der Waals surface area contributed by atoms with Crippen LogP contribution < -0.4 is 11.1 Å². The van der Waals surface area contributed by atoms with Crippen LogP contribution >= 0.6 is 0 Å². The predicted molar refractivity (Wildman–Crippen MR) is 59.1 cm³/mol. The van der Waals surface area contributed by atoms with Crippen molar-refractivity contribution in [3.05, 3.63) is 5.89 Å². The summed E-state index contributed by atoms with van der Waals surface area (Å²) in [6.45, 7) is 3.31. The minimum absolute atomic E-state index is 0.383. The van der Waals surface area contributed by atoms with E-state index in [1.165, 1.54) is 0 Å². The summed E-state index contributed by atoms with van der Waals surface area (Å²) in [5.41, 5.74) is 5.40. The molecule has 1 heterocycles. The molecule has 1 aromatic heterocycles. The summed E-state index contributed by atoms with van der Waals surface area (Å²) in [6, 6.07) is 0.881. The Kier molecular flexibility index (Phi) is 3.74. The van der Waals surface area contributed by atoms with E-state index in [0.717, 1.165) is 19.4 Å². The van der Waals surface area contributed by atoms with Crippen LogP contribution in [0.2, 0.25) is 0 Å². The summed E-state index contributed by atoms with van der Waals surface area (Å²) in [5, 5.41) is 11.0. The van der Waals surface area contributed by atoms with Gasteiger partial charge in [0.25, 0.3) is 0 Å². The Balaban J connectivity index is 1.73. The minimum Gasteiger partial charge on any atom is -0.408 e. The van der Waals surface area contributed by atoms with Crippen molar-refractivity contribution in [2.24, 2.45) is 5.73 Å². The molecule has 3 N–H and O–H groups in total. The Morgan fingerprint density at radius 2 is 2.31 bits per heavy atom. The van der Waals surface area contributed by atoms with Crippen LogP contribution in [0.4, 0.5) is 6.01 Å². The molecule has 0 spiro atoms. The van der Waals surface area contributed by atoms with Gasteiger partial charge >= 0.3 is 6.01 Å². The fraction of sp³-hybridized carbons (Fsp3) is 0.800. The summed E-state index contributed by atoms with van der Waals surface area (Å²) in [5.74, 6) is 0.589. The third kappa shape index (κ3) is 2.70. The number of anilines is 1. The van der Waals surface area contributed by atoms with E-state index in [2.05, 4.69) is 15.5 Å². The molecule has 0 bridgehead atoms. The van der Waals surface area contributed by atoms with Gasteiger partial charge in [0, 0.05) is 25.6 Å². The highest BCUT2D eigenvalue weighted by Gasteiger charge is 2.30. The number of hydrogen-bond donors (Lipinski definition) is 2. The van der Waals surface area contributed by atoms with Crippen molar-refractivity contribution in [2.45, 2.75) is 38.3 Å². The standard InChI is InChI=1S/C10H18N4O2/c1-2-15-8-5-7(6-8)12-10-14-13-9(16-10)3-4-11/h7-8H,2-6,11H2,1H3,(H,12,14). The molecular formula is C10H18N4O2. The normalized spacial score (nSPS) is 24.1. The van der Waals surface area contributed by atoms with E-state index in [1.807, 2.05) is 6.92 Å². The molecule has 6 nitrogen and oxygen atoms in total. The van der Waals surface area contributed by atoms with E-state index in [0.29, 0.717) is 37.0 Å². The second-order valence-corrected chi connectivity index (χ2v) is 3.93. The van der Waals surface area contributed by atoms with Gasteiger partial charge in [-0.05, 0) is 19.8 Å². The largest absolute Gasteiger partial charge is 0.408 e. The highest BCUT2D eigenvalue weighted by atomic mass is 16.5. The first-order valence-corrected chi connectivity index (χ1v) is 5.72. The smallest absolute Gasteiger partial charge is 0.315 e. The van der Waals surface area contributed by atoms with Gasteiger partial charge in [-0.2, -0.15) is 0 Å². The highest BCUT2D eigenvalue weighted by molar-refractivity contribution is 5.21. The molecular weight excluding hydrogens is 208 g/mol. The molecule has 0 unspecified atom stereocenters. The molecule has 6 heteroatoms. The van der Waals surface area contributed by atoms with Crippen molar-refractivity contribution in [3.8, 4) is 0 Å². The van der Waals surface area contributed by atoms with Gasteiger partial charge < -0.3 is 20.2 Å². The Morgan fingerprint density at radius 3 is 3.00 bits per heavy atom. The van der Waals surface area contributed by atoms with Crippen LogP contribution in [0, 0.1) is 0 Å². The van der Waals surface area contributed by atoms with Crippen molar-refractivity contribution in [3.63, 3.8) is 0 Å². The number of nitrogens with one attached hydrogen (secondary N) is 1. The molecule has 0 saturated heterocycles. The van der Waals surface area contributed by atoms with E-state index < -0.39 is 0 Å². The molecule has 0 aromatic carbocycles. The summed E-state index contributed by atoms with van der Waals surface area (Å²) in [7, 11) is 0. The maximum absolute atomic E-state index is 5.47. The number of nitrogens with zero attached hydrogens (tertiary/aromatic N) is 2. The fourth-order valence-corrected chi connectivity index (χ4v) is 1.77. The predicted octanol–water partition coefficient (Wildman–Crippen LogP) is 0.550. The maximum Gasteiger partial charge on any atom is 0.315 e. The van der Waals surface area contributed by atoms with Crippen molar-refractivity contribution in [1.29, 1.82) is 0 Å². The lowest BCUT2D eigenvalue weighted by Gasteiger charge is -2.34. The van der Waals surface area contributed by atoms with Crippen LogP contribution in [0.25, 0.3) is 0 Å². The quantitative estimate of drug-likeness (QED) is 0.736. The zero-order valence-electron chi connectivity index (χ0n) is 9.48. The zero-order valence-corrected chi connectivity index (χ0v) is 9.48. The Hall–Kier alpha value is -1.14. The molecule has 1 saturated carbocycles. The Bertz CT molecular complexity index is 322. The second-order valence-electron chi connectivity index (χ2n) is 3.93. The lowest BCUT2D eigenvalue weighted by atomic mass is 9.89. The van der Waals surface area contributed by atoms with Gasteiger partial charge in [-0.15, -0.1) is 5.10 Å². The van der Waals surface area contributed by atoms with Crippen LogP contribution in [-0.4, -0.2) is 35.5 Å². The monoisotopic (exact) mass is 226 g/mol. The van der Waals surface area contributed by atoms with Crippen LogP contribution in [0.3, 0.4) is 0 Å². The molecule has 16 heavy (non-hydrogen) atoms. The number of ether oxygens (including phenoxy) is 1. The molecule has 1 aliphatic rings. The van der Waals surface area contributed by atoms with Crippen molar-refractivity contribution in [2.75, 3.05) is 18.5 Å². The highest BCUT2D eigenvalue weighted by Crippen LogP contribution is 2.26. The molecule has 2 rings (SSSR count). The van der Waals surface area contributed by atoms with Crippen molar-refractivity contribution >= 4 is 6.01 Å². The first kappa shape index (κ1) is 11.3. The van der Waals surface area contributed by atoms with Gasteiger partial charge in [0.2, 0.25) is 5.89 Å². The topological polar surface area (TPSA) is 86.2 Å². The summed E-state index contributed by atoms with van der Waals surface area (Å²) < 4.78 is 10.8. The van der Waals surface area contributed by atoms with Crippen LogP contribution in [0.5, 0.6) is 0 Å². The third-order valence-corrected chi connectivity index (χ3v) is 2.65. The van der Waals surface area contributed by atoms with Gasteiger partial charge in [-0.25, -0.2) is 0 Å². The maximum atomic E-state index is 5.47. The zero-order chi connectivity index (χ0) is 11.4. The van der Waals surface area contributed by atoms with E-state index in [-0.39, 0.29) is 0 Å². The average molecular weight is 226 g/mol. The average Bonchev–Trinajstić information content (AvgIpc) is 2.63. The number of rotatable bonds is 6.